The zero-order chi connectivity index (χ0) is 20.6. The summed E-state index contributed by atoms with van der Waals surface area (Å²) in [6, 6.07) is 6.78. The second-order valence-electron chi connectivity index (χ2n) is 6.60. The largest absolute Gasteiger partial charge is 0.494 e. The van der Waals surface area contributed by atoms with E-state index in [2.05, 4.69) is 11.4 Å². The van der Waals surface area contributed by atoms with Crippen LogP contribution in [0, 0.1) is 11.3 Å². The average Bonchev–Trinajstić information content (AvgIpc) is 2.71. The second-order valence-corrected chi connectivity index (χ2v) is 6.60. The van der Waals surface area contributed by atoms with E-state index >= 15 is 0 Å². The molecule has 7 nitrogen and oxygen atoms in total. The van der Waals surface area contributed by atoms with E-state index in [0.29, 0.717) is 35.7 Å². The highest BCUT2D eigenvalue weighted by molar-refractivity contribution is 5.46. The van der Waals surface area contributed by atoms with Crippen LogP contribution in [0.3, 0.4) is 0 Å². The fraction of sp³-hybridized carbons (Fsp3) is 0.476. The smallest absolute Gasteiger partial charge is 0.137 e. The lowest BCUT2D eigenvalue weighted by Crippen LogP contribution is -2.53. The number of fused-ring (bicyclic) bond motifs is 1. The third kappa shape index (κ3) is 4.93. The molecule has 0 amide bonds. The van der Waals surface area contributed by atoms with Crippen molar-refractivity contribution in [2.24, 2.45) is 0 Å². The first-order chi connectivity index (χ1) is 13.5. The number of hydrogen-bond donors (Lipinski definition) is 2. The van der Waals surface area contributed by atoms with E-state index in [0.717, 1.165) is 0 Å². The van der Waals surface area contributed by atoms with E-state index in [9.17, 15) is 15.2 Å². The van der Waals surface area contributed by atoms with E-state index in [1.807, 2.05) is 20.8 Å². The highest BCUT2D eigenvalue weighted by atomic mass is 16.5. The minimum atomic E-state index is -0.850. The van der Waals surface area contributed by atoms with Gasteiger partial charge in [0.25, 0.3) is 0 Å². The summed E-state index contributed by atoms with van der Waals surface area (Å²) in [7, 11) is 0. The summed E-state index contributed by atoms with van der Waals surface area (Å²) in [6.45, 7) is 6.40. The number of aliphatic hydroxyl groups excluding tert-OH is 1. The van der Waals surface area contributed by atoms with Gasteiger partial charge in [0.05, 0.1) is 30.9 Å². The zero-order valence-corrected chi connectivity index (χ0v) is 16.4. The van der Waals surface area contributed by atoms with Crippen molar-refractivity contribution in [3.63, 3.8) is 0 Å². The number of nitrogens with one attached hydrogen (secondary N) is 1. The fourth-order valence-electron chi connectivity index (χ4n) is 3.00. The number of aliphatic hydroxyl groups is 1. The summed E-state index contributed by atoms with van der Waals surface area (Å²) >= 11 is 0. The van der Waals surface area contributed by atoms with Crippen LogP contribution in [0.1, 0.15) is 44.4 Å². The molecule has 2 N–H and O–H groups in total. The summed E-state index contributed by atoms with van der Waals surface area (Å²) < 4.78 is 16.9. The van der Waals surface area contributed by atoms with Gasteiger partial charge in [-0.05, 0) is 38.5 Å². The minimum Gasteiger partial charge on any atom is -0.494 e. The molecule has 1 unspecified atom stereocenters. The molecule has 7 heteroatoms. The van der Waals surface area contributed by atoms with Crippen molar-refractivity contribution < 1.29 is 24.1 Å². The third-order valence-electron chi connectivity index (χ3n) is 4.74. The Balaban J connectivity index is 2.30. The molecule has 0 bridgehead atoms. The van der Waals surface area contributed by atoms with E-state index in [1.165, 1.54) is 6.08 Å². The van der Waals surface area contributed by atoms with Crippen molar-refractivity contribution >= 4 is 5.94 Å². The molecule has 1 aromatic carbocycles. The Morgan fingerprint density at radius 1 is 1.46 bits per heavy atom. The molecule has 0 saturated heterocycles. The minimum absolute atomic E-state index is 0.135. The maximum Gasteiger partial charge on any atom is 0.137 e. The van der Waals surface area contributed by atoms with Gasteiger partial charge in [0, 0.05) is 17.8 Å². The van der Waals surface area contributed by atoms with Crippen LogP contribution < -0.4 is 10.1 Å². The van der Waals surface area contributed by atoms with E-state index in [-0.39, 0.29) is 13.2 Å². The molecule has 0 aliphatic carbocycles. The molecule has 2 rings (SSSR count). The molecule has 0 aromatic heterocycles. The molecular weight excluding hydrogens is 360 g/mol. The van der Waals surface area contributed by atoms with Crippen molar-refractivity contribution in [2.45, 2.75) is 44.9 Å². The number of ether oxygens (including phenoxy) is 3. The topological polar surface area (TPSA) is 101 Å². The number of carbonyl (C=O) groups excluding carboxylic acids is 1. The van der Waals surface area contributed by atoms with Gasteiger partial charge in [-0.3, -0.25) is 0 Å². The molecule has 0 spiro atoms. The highest BCUT2D eigenvalue weighted by Gasteiger charge is 2.44. The Labute approximate surface area is 165 Å². The number of nitriles is 1. The lowest BCUT2D eigenvalue weighted by molar-refractivity contribution is -0.0762. The summed E-state index contributed by atoms with van der Waals surface area (Å²) in [6.07, 6.45) is 2.64. The molecule has 0 saturated carbocycles. The number of hydrogen-bond acceptors (Lipinski definition) is 7. The molecule has 150 valence electrons. The Bertz CT molecular complexity index is 794. The molecule has 3 atom stereocenters. The van der Waals surface area contributed by atoms with Crippen molar-refractivity contribution in [2.75, 3.05) is 19.8 Å². The lowest BCUT2D eigenvalue weighted by atomic mass is 9.83. The Morgan fingerprint density at radius 3 is 2.89 bits per heavy atom. The summed E-state index contributed by atoms with van der Waals surface area (Å²) in [5.41, 5.74) is 0.415. The van der Waals surface area contributed by atoms with Gasteiger partial charge in [0.15, 0.2) is 0 Å². The summed E-state index contributed by atoms with van der Waals surface area (Å²) in [5.74, 6) is 2.81. The van der Waals surface area contributed by atoms with Gasteiger partial charge in [-0.1, -0.05) is 6.92 Å². The van der Waals surface area contributed by atoms with Crippen LogP contribution in [0.4, 0.5) is 0 Å². The maximum absolute atomic E-state index is 11.0. The SMILES string of the molecule is CCO/C(=C/N[C@@H]1c2cc(C#N)ccc2OC(C)(CC)[C@H]1O)COCC=C=O. The van der Waals surface area contributed by atoms with Crippen molar-refractivity contribution in [3.8, 4) is 11.8 Å². The number of rotatable bonds is 9. The normalized spacial score (nSPS) is 23.6. The van der Waals surface area contributed by atoms with E-state index < -0.39 is 17.7 Å². The average molecular weight is 386 g/mol. The number of benzene rings is 1. The van der Waals surface area contributed by atoms with Crippen LogP contribution in [0.15, 0.2) is 36.2 Å². The zero-order valence-electron chi connectivity index (χ0n) is 16.4. The van der Waals surface area contributed by atoms with Crippen molar-refractivity contribution in [1.82, 2.24) is 5.32 Å². The molecule has 1 heterocycles. The Kier molecular flexibility index (Phi) is 7.65. The van der Waals surface area contributed by atoms with Crippen LogP contribution in [0.25, 0.3) is 0 Å². The Hall–Kier alpha value is -2.78. The molecule has 0 fully saturated rings. The quantitative estimate of drug-likeness (QED) is 0.382. The maximum atomic E-state index is 11.0. The van der Waals surface area contributed by atoms with E-state index in [4.69, 9.17) is 14.2 Å². The predicted molar refractivity (Wildman–Crippen MR) is 103 cm³/mol. The first-order valence-corrected chi connectivity index (χ1v) is 9.25. The van der Waals surface area contributed by atoms with Gasteiger partial charge in [-0.2, -0.15) is 5.26 Å². The van der Waals surface area contributed by atoms with E-state index in [1.54, 1.807) is 30.3 Å². The molecule has 0 radical (unpaired) electrons. The van der Waals surface area contributed by atoms with Crippen LogP contribution in [0.2, 0.25) is 0 Å². The standard InChI is InChI=1S/C21H26N2O5/c1-4-21(3)20(25)19(17-11-15(12-22)7-8-18(17)28-21)23-13-16(27-5-2)14-26-10-6-9-24/h6-8,11,13,19-20,23,25H,4-5,10,14H2,1-3H3/b16-13+/t19-,20+,21?/m1/s1. The molecular formula is C21H26N2O5. The predicted octanol–water partition coefficient (Wildman–Crippen LogP) is 2.39. The van der Waals surface area contributed by atoms with Gasteiger partial charge in [-0.25, -0.2) is 4.79 Å². The molecule has 1 aromatic rings. The van der Waals surface area contributed by atoms with Crippen LogP contribution in [-0.2, 0) is 14.3 Å². The van der Waals surface area contributed by atoms with Crippen molar-refractivity contribution in [3.05, 3.63) is 47.4 Å². The van der Waals surface area contributed by atoms with Gasteiger partial charge in [0.1, 0.15) is 35.8 Å². The second kappa shape index (κ2) is 9.95. The van der Waals surface area contributed by atoms with Gasteiger partial charge in [0.2, 0.25) is 0 Å². The third-order valence-corrected chi connectivity index (χ3v) is 4.74. The van der Waals surface area contributed by atoms with Crippen LogP contribution >= 0.6 is 0 Å². The summed E-state index contributed by atoms with van der Waals surface area (Å²) in [5, 5.41) is 23.4. The monoisotopic (exact) mass is 386 g/mol. The van der Waals surface area contributed by atoms with Gasteiger partial charge < -0.3 is 24.6 Å². The van der Waals surface area contributed by atoms with Gasteiger partial charge in [-0.15, -0.1) is 0 Å². The molecule has 1 aliphatic rings. The first kappa shape index (κ1) is 21.5. The summed E-state index contributed by atoms with van der Waals surface area (Å²) in [4.78, 5) is 10.2. The fourth-order valence-corrected chi connectivity index (χ4v) is 3.00. The molecule has 1 aliphatic heterocycles. The lowest BCUT2D eigenvalue weighted by Gasteiger charge is -2.44. The molecule has 28 heavy (non-hydrogen) atoms. The van der Waals surface area contributed by atoms with Crippen LogP contribution in [0.5, 0.6) is 5.75 Å². The van der Waals surface area contributed by atoms with Gasteiger partial charge >= 0.3 is 0 Å². The van der Waals surface area contributed by atoms with Crippen LogP contribution in [-0.4, -0.2) is 42.6 Å². The Morgan fingerprint density at radius 2 is 2.25 bits per heavy atom. The first-order valence-electron chi connectivity index (χ1n) is 9.25. The van der Waals surface area contributed by atoms with Crippen molar-refractivity contribution in [1.29, 1.82) is 5.26 Å². The highest BCUT2D eigenvalue weighted by Crippen LogP contribution is 2.41. The number of nitrogens with zero attached hydrogens (tertiary/aromatic N) is 1.